The number of aliphatic imine (C=N–C) groups is 1. The molecule has 1 saturated heterocycles. The van der Waals surface area contributed by atoms with E-state index >= 15 is 0 Å². The van der Waals surface area contributed by atoms with Gasteiger partial charge in [0.15, 0.2) is 5.15 Å². The van der Waals surface area contributed by atoms with E-state index in [1.165, 1.54) is 25.4 Å². The van der Waals surface area contributed by atoms with E-state index in [1.54, 1.807) is 29.1 Å². The van der Waals surface area contributed by atoms with E-state index < -0.39 is 5.82 Å². The second kappa shape index (κ2) is 7.57. The predicted molar refractivity (Wildman–Crippen MR) is 107 cm³/mol. The summed E-state index contributed by atoms with van der Waals surface area (Å²) in [4.78, 5) is 9.07. The number of rotatable bonds is 5. The molecule has 9 heteroatoms. The van der Waals surface area contributed by atoms with Gasteiger partial charge in [0, 0.05) is 42.7 Å². The molecule has 4 rings (SSSR count). The SMILES string of the molecule is COc1cc(F)ccc1-c1c(/C(C=NC2CNC2)=C/N)nc(Cl)c2ccnn12. The summed E-state index contributed by atoms with van der Waals surface area (Å²) in [6, 6.07) is 6.22. The maximum absolute atomic E-state index is 13.8. The summed E-state index contributed by atoms with van der Waals surface area (Å²) < 4.78 is 20.8. The monoisotopic (exact) mass is 400 g/mol. The fourth-order valence-electron chi connectivity index (χ4n) is 3.00. The van der Waals surface area contributed by atoms with E-state index in [1.807, 2.05) is 0 Å². The minimum atomic E-state index is -0.408. The van der Waals surface area contributed by atoms with Gasteiger partial charge in [0.2, 0.25) is 0 Å². The lowest BCUT2D eigenvalue weighted by atomic mass is 10.0. The van der Waals surface area contributed by atoms with Crippen LogP contribution in [-0.2, 0) is 0 Å². The molecule has 1 fully saturated rings. The van der Waals surface area contributed by atoms with Crippen LogP contribution in [0.3, 0.4) is 0 Å². The lowest BCUT2D eigenvalue weighted by molar-refractivity contribution is 0.412. The van der Waals surface area contributed by atoms with E-state index in [4.69, 9.17) is 22.1 Å². The zero-order valence-corrected chi connectivity index (χ0v) is 15.8. The van der Waals surface area contributed by atoms with Gasteiger partial charge >= 0.3 is 0 Å². The number of aromatic nitrogens is 3. The molecule has 1 aromatic carbocycles. The van der Waals surface area contributed by atoms with Gasteiger partial charge in [-0.25, -0.2) is 13.9 Å². The normalized spacial score (nSPS) is 15.3. The Hall–Kier alpha value is -2.97. The van der Waals surface area contributed by atoms with E-state index in [0.717, 1.165) is 13.1 Å². The minimum absolute atomic E-state index is 0.197. The molecule has 3 aromatic rings. The molecule has 7 nitrogen and oxygen atoms in total. The van der Waals surface area contributed by atoms with Gasteiger partial charge in [0.1, 0.15) is 28.5 Å². The van der Waals surface area contributed by atoms with Crippen LogP contribution in [0.5, 0.6) is 5.75 Å². The van der Waals surface area contributed by atoms with Crippen molar-refractivity contribution in [3.63, 3.8) is 0 Å². The van der Waals surface area contributed by atoms with E-state index in [2.05, 4.69) is 20.4 Å². The van der Waals surface area contributed by atoms with Crippen molar-refractivity contribution >= 4 is 28.9 Å². The Morgan fingerprint density at radius 3 is 2.93 bits per heavy atom. The Morgan fingerprint density at radius 2 is 2.25 bits per heavy atom. The zero-order valence-electron chi connectivity index (χ0n) is 15.1. The number of halogens is 2. The Balaban J connectivity index is 1.96. The molecule has 0 bridgehead atoms. The summed E-state index contributed by atoms with van der Waals surface area (Å²) in [5.74, 6) is -0.0620. The molecule has 28 heavy (non-hydrogen) atoms. The maximum atomic E-state index is 13.8. The summed E-state index contributed by atoms with van der Waals surface area (Å²) in [5, 5.41) is 7.81. The number of nitrogens with two attached hydrogens (primary N) is 1. The highest BCUT2D eigenvalue weighted by Gasteiger charge is 2.22. The van der Waals surface area contributed by atoms with Gasteiger partial charge in [0.05, 0.1) is 19.3 Å². The first-order valence-electron chi connectivity index (χ1n) is 8.65. The van der Waals surface area contributed by atoms with Gasteiger partial charge in [-0.1, -0.05) is 11.6 Å². The van der Waals surface area contributed by atoms with Crippen molar-refractivity contribution in [2.24, 2.45) is 10.7 Å². The molecule has 3 N–H and O–H groups in total. The van der Waals surface area contributed by atoms with Crippen LogP contribution in [0.15, 0.2) is 41.7 Å². The number of methoxy groups -OCH3 is 1. The van der Waals surface area contributed by atoms with Crippen LogP contribution >= 0.6 is 11.6 Å². The number of hydrogen-bond acceptors (Lipinski definition) is 6. The average molecular weight is 401 g/mol. The quantitative estimate of drug-likeness (QED) is 0.642. The van der Waals surface area contributed by atoms with Crippen LogP contribution in [-0.4, -0.2) is 47.1 Å². The third-order valence-corrected chi connectivity index (χ3v) is 4.83. The standard InChI is InChI=1S/C19H18ClFN6O/c1-28-16-6-12(21)2-3-14(16)18-17(11(7-22)8-24-13-9-23-10-13)26-19(20)15-4-5-25-27(15)18/h2-8,13,23H,9-10,22H2,1H3/b11-7+,24-8?. The lowest BCUT2D eigenvalue weighted by Crippen LogP contribution is -2.45. The molecule has 144 valence electrons. The summed E-state index contributed by atoms with van der Waals surface area (Å²) >= 11 is 6.38. The van der Waals surface area contributed by atoms with Crippen LogP contribution in [0.25, 0.3) is 22.3 Å². The number of nitrogens with zero attached hydrogens (tertiary/aromatic N) is 4. The van der Waals surface area contributed by atoms with Crippen molar-refractivity contribution in [2.45, 2.75) is 6.04 Å². The van der Waals surface area contributed by atoms with E-state index in [9.17, 15) is 4.39 Å². The number of allylic oxidation sites excluding steroid dienone is 1. The molecule has 0 aliphatic carbocycles. The summed E-state index contributed by atoms with van der Waals surface area (Å²) in [5.41, 5.74) is 8.74. The molecule has 1 aliphatic heterocycles. The van der Waals surface area contributed by atoms with Crippen LogP contribution in [0.1, 0.15) is 5.69 Å². The Kier molecular flexibility index (Phi) is 4.97. The van der Waals surface area contributed by atoms with Crippen molar-refractivity contribution in [3.8, 4) is 17.0 Å². The predicted octanol–water partition coefficient (Wildman–Crippen LogP) is 2.54. The molecule has 0 amide bonds. The molecule has 1 aliphatic rings. The second-order valence-corrected chi connectivity index (χ2v) is 6.64. The fourth-order valence-corrected chi connectivity index (χ4v) is 3.23. The lowest BCUT2D eigenvalue weighted by Gasteiger charge is -2.23. The highest BCUT2D eigenvalue weighted by atomic mass is 35.5. The zero-order chi connectivity index (χ0) is 19.7. The highest BCUT2D eigenvalue weighted by Crippen LogP contribution is 2.36. The average Bonchev–Trinajstić information content (AvgIpc) is 3.14. The van der Waals surface area contributed by atoms with Crippen LogP contribution in [0.4, 0.5) is 4.39 Å². The van der Waals surface area contributed by atoms with Gasteiger partial charge in [-0.15, -0.1) is 0 Å². The third-order valence-electron chi connectivity index (χ3n) is 4.56. The summed E-state index contributed by atoms with van der Waals surface area (Å²) in [7, 11) is 1.48. The smallest absolute Gasteiger partial charge is 0.155 e. The minimum Gasteiger partial charge on any atom is -0.496 e. The first-order valence-corrected chi connectivity index (χ1v) is 9.03. The van der Waals surface area contributed by atoms with Crippen molar-refractivity contribution in [2.75, 3.05) is 20.2 Å². The topological polar surface area (TPSA) is 89.8 Å². The van der Waals surface area contributed by atoms with Gasteiger partial charge < -0.3 is 15.8 Å². The molecular weight excluding hydrogens is 383 g/mol. The second-order valence-electron chi connectivity index (χ2n) is 6.28. The molecule has 0 radical (unpaired) electrons. The number of benzene rings is 1. The molecule has 0 atom stereocenters. The Morgan fingerprint density at radius 1 is 1.43 bits per heavy atom. The maximum Gasteiger partial charge on any atom is 0.155 e. The Labute approximate surface area is 165 Å². The number of ether oxygens (including phenoxy) is 1. The van der Waals surface area contributed by atoms with Crippen molar-refractivity contribution < 1.29 is 9.13 Å². The first kappa shape index (κ1) is 18.4. The fraction of sp³-hybridized carbons (Fsp3) is 0.211. The third kappa shape index (κ3) is 3.21. The first-order chi connectivity index (χ1) is 13.6. The van der Waals surface area contributed by atoms with Gasteiger partial charge in [-0.3, -0.25) is 4.99 Å². The van der Waals surface area contributed by atoms with Gasteiger partial charge in [-0.05, 0) is 18.2 Å². The van der Waals surface area contributed by atoms with Crippen LogP contribution in [0, 0.1) is 5.82 Å². The summed E-state index contributed by atoms with van der Waals surface area (Å²) in [6.45, 7) is 1.64. The Bertz CT molecular complexity index is 1090. The number of fused-ring (bicyclic) bond motifs is 1. The van der Waals surface area contributed by atoms with E-state index in [0.29, 0.717) is 33.8 Å². The van der Waals surface area contributed by atoms with Crippen LogP contribution in [0.2, 0.25) is 5.15 Å². The molecular formula is C19H18ClFN6O. The molecule has 0 spiro atoms. The van der Waals surface area contributed by atoms with Crippen LogP contribution < -0.4 is 15.8 Å². The number of hydrogen-bond donors (Lipinski definition) is 2. The van der Waals surface area contributed by atoms with Crippen molar-refractivity contribution in [1.82, 2.24) is 19.9 Å². The van der Waals surface area contributed by atoms with Gasteiger partial charge in [-0.2, -0.15) is 5.10 Å². The van der Waals surface area contributed by atoms with Crippen molar-refractivity contribution in [3.05, 3.63) is 53.3 Å². The van der Waals surface area contributed by atoms with E-state index in [-0.39, 0.29) is 11.2 Å². The molecule has 2 aromatic heterocycles. The number of nitrogens with one attached hydrogen (secondary N) is 1. The molecule has 0 saturated carbocycles. The summed E-state index contributed by atoms with van der Waals surface area (Å²) in [6.07, 6.45) is 4.72. The highest BCUT2D eigenvalue weighted by molar-refractivity contribution is 6.33. The molecule has 0 unspecified atom stereocenters. The molecule has 3 heterocycles. The van der Waals surface area contributed by atoms with Gasteiger partial charge in [0.25, 0.3) is 0 Å². The van der Waals surface area contributed by atoms with Crippen molar-refractivity contribution in [1.29, 1.82) is 0 Å². The largest absolute Gasteiger partial charge is 0.496 e.